The number of amides is 1. The van der Waals surface area contributed by atoms with Crippen molar-refractivity contribution in [3.05, 3.63) is 70.8 Å². The van der Waals surface area contributed by atoms with E-state index in [2.05, 4.69) is 78.0 Å². The molecule has 1 unspecified atom stereocenters. The smallest absolute Gasteiger partial charge is 0.222 e. The maximum absolute atomic E-state index is 11.9. The summed E-state index contributed by atoms with van der Waals surface area (Å²) in [6.45, 7) is 6.56. The molecular formula is C24H32N4O. The van der Waals surface area contributed by atoms with E-state index >= 15 is 0 Å². The molecular weight excluding hydrogens is 360 g/mol. The van der Waals surface area contributed by atoms with Crippen LogP contribution in [0.4, 0.5) is 0 Å². The van der Waals surface area contributed by atoms with E-state index in [1.165, 1.54) is 22.3 Å². The van der Waals surface area contributed by atoms with Crippen molar-refractivity contribution >= 4 is 11.9 Å². The summed E-state index contributed by atoms with van der Waals surface area (Å²) in [7, 11) is 1.79. The molecule has 5 nitrogen and oxygen atoms in total. The van der Waals surface area contributed by atoms with Crippen molar-refractivity contribution in [2.75, 3.05) is 13.6 Å². The number of hydrogen-bond donors (Lipinski definition) is 2. The Kier molecular flexibility index (Phi) is 7.28. The van der Waals surface area contributed by atoms with Crippen molar-refractivity contribution in [3.63, 3.8) is 0 Å². The van der Waals surface area contributed by atoms with Crippen LogP contribution in [-0.4, -0.2) is 30.4 Å². The molecule has 154 valence electrons. The van der Waals surface area contributed by atoms with Crippen LogP contribution in [0.5, 0.6) is 0 Å². The highest BCUT2D eigenvalue weighted by molar-refractivity contribution is 5.80. The molecule has 2 N–H and O–H groups in total. The van der Waals surface area contributed by atoms with Crippen molar-refractivity contribution in [1.82, 2.24) is 15.5 Å². The normalized spacial score (nSPS) is 15.5. The van der Waals surface area contributed by atoms with Gasteiger partial charge in [0.15, 0.2) is 5.96 Å². The fourth-order valence-corrected chi connectivity index (χ4v) is 3.64. The van der Waals surface area contributed by atoms with E-state index in [0.29, 0.717) is 19.5 Å². The summed E-state index contributed by atoms with van der Waals surface area (Å²) in [4.78, 5) is 18.2. The van der Waals surface area contributed by atoms with Gasteiger partial charge in [0.2, 0.25) is 5.91 Å². The number of aryl methyl sites for hydroxylation is 1. The predicted molar refractivity (Wildman–Crippen MR) is 119 cm³/mol. The number of benzene rings is 2. The zero-order chi connectivity index (χ0) is 20.6. The van der Waals surface area contributed by atoms with Crippen LogP contribution in [0.1, 0.15) is 55.0 Å². The minimum Gasteiger partial charge on any atom is -0.352 e. The van der Waals surface area contributed by atoms with Gasteiger partial charge in [0.1, 0.15) is 0 Å². The van der Waals surface area contributed by atoms with E-state index in [1.54, 1.807) is 7.05 Å². The predicted octanol–water partition coefficient (Wildman–Crippen LogP) is 3.80. The minimum atomic E-state index is 0.166. The molecule has 0 aromatic heterocycles. The summed E-state index contributed by atoms with van der Waals surface area (Å²) in [5.41, 5.74) is 4.94. The highest BCUT2D eigenvalue weighted by Gasteiger charge is 2.19. The summed E-state index contributed by atoms with van der Waals surface area (Å²) in [6, 6.07) is 17.3. The first kappa shape index (κ1) is 20.9. The molecule has 2 aromatic carbocycles. The van der Waals surface area contributed by atoms with Crippen molar-refractivity contribution < 1.29 is 4.79 Å². The molecule has 3 rings (SSSR count). The third kappa shape index (κ3) is 5.83. The van der Waals surface area contributed by atoms with Crippen LogP contribution in [0.3, 0.4) is 0 Å². The zero-order valence-electron chi connectivity index (χ0n) is 17.7. The average Bonchev–Trinajstić information content (AvgIpc) is 3.15. The number of nitrogens with one attached hydrogen (secondary N) is 2. The molecule has 1 aliphatic rings. The van der Waals surface area contributed by atoms with E-state index in [0.717, 1.165) is 25.3 Å². The van der Waals surface area contributed by atoms with Crippen molar-refractivity contribution in [2.24, 2.45) is 4.99 Å². The first-order valence-electron chi connectivity index (χ1n) is 10.5. The summed E-state index contributed by atoms with van der Waals surface area (Å²) in [6.07, 6.45) is 2.71. The Balaban J connectivity index is 1.54. The number of nitrogens with zero attached hydrogens (tertiary/aromatic N) is 2. The molecule has 29 heavy (non-hydrogen) atoms. The monoisotopic (exact) mass is 392 g/mol. The first-order chi connectivity index (χ1) is 14.1. The Bertz CT molecular complexity index is 844. The molecule has 0 radical (unpaired) electrons. The summed E-state index contributed by atoms with van der Waals surface area (Å²) >= 11 is 0. The number of carbonyl (C=O) groups is 1. The Morgan fingerprint density at radius 2 is 1.90 bits per heavy atom. The van der Waals surface area contributed by atoms with Gasteiger partial charge in [0.25, 0.3) is 0 Å². The third-order valence-electron chi connectivity index (χ3n) is 5.46. The van der Waals surface area contributed by atoms with Gasteiger partial charge in [0, 0.05) is 33.1 Å². The molecule has 5 heteroatoms. The second-order valence-corrected chi connectivity index (χ2v) is 7.63. The lowest BCUT2D eigenvalue weighted by Gasteiger charge is -2.19. The van der Waals surface area contributed by atoms with Gasteiger partial charge >= 0.3 is 0 Å². The molecule has 0 bridgehead atoms. The van der Waals surface area contributed by atoms with Crippen LogP contribution < -0.4 is 10.6 Å². The van der Waals surface area contributed by atoms with Gasteiger partial charge in [-0.3, -0.25) is 9.79 Å². The van der Waals surface area contributed by atoms with Gasteiger partial charge in [-0.05, 0) is 42.0 Å². The number of guanidine groups is 1. The number of carbonyl (C=O) groups excluding carboxylic acids is 1. The lowest BCUT2D eigenvalue weighted by molar-refractivity contribution is -0.128. The number of rotatable bonds is 7. The summed E-state index contributed by atoms with van der Waals surface area (Å²) < 4.78 is 0. The second-order valence-electron chi connectivity index (χ2n) is 7.63. The maximum Gasteiger partial charge on any atom is 0.222 e. The number of aliphatic imine (C=N–C) groups is 1. The standard InChI is InChI=1S/C24H32N4O/c1-4-19-10-12-22(13-11-19)18(2)27-24(25-3)26-16-20-7-5-8-21(15-20)17-28-14-6-9-23(28)29/h5,7-8,10-13,15,18H,4,6,9,14,16-17H2,1-3H3,(H2,25,26,27). The quantitative estimate of drug-likeness (QED) is 0.557. The molecule has 1 heterocycles. The summed E-state index contributed by atoms with van der Waals surface area (Å²) in [5.74, 6) is 1.04. The largest absolute Gasteiger partial charge is 0.352 e. The van der Waals surface area contributed by atoms with Crippen LogP contribution in [0, 0.1) is 0 Å². The maximum atomic E-state index is 11.9. The van der Waals surface area contributed by atoms with E-state index in [1.807, 2.05) is 4.90 Å². The Morgan fingerprint density at radius 1 is 1.14 bits per heavy atom. The number of likely N-dealkylation sites (tertiary alicyclic amines) is 1. The molecule has 0 saturated carbocycles. The molecule has 1 aliphatic heterocycles. The van der Waals surface area contributed by atoms with Crippen molar-refractivity contribution in [3.8, 4) is 0 Å². The van der Waals surface area contributed by atoms with Crippen LogP contribution >= 0.6 is 0 Å². The zero-order valence-corrected chi connectivity index (χ0v) is 17.7. The third-order valence-corrected chi connectivity index (χ3v) is 5.46. The van der Waals surface area contributed by atoms with Gasteiger partial charge in [-0.2, -0.15) is 0 Å². The molecule has 0 aliphatic carbocycles. The highest BCUT2D eigenvalue weighted by Crippen LogP contribution is 2.16. The minimum absolute atomic E-state index is 0.166. The van der Waals surface area contributed by atoms with Crippen LogP contribution in [-0.2, 0) is 24.3 Å². The second kappa shape index (κ2) is 10.1. The Hall–Kier alpha value is -2.82. The summed E-state index contributed by atoms with van der Waals surface area (Å²) in [5, 5.41) is 6.85. The topological polar surface area (TPSA) is 56.7 Å². The molecule has 1 fully saturated rings. The lowest BCUT2D eigenvalue weighted by atomic mass is 10.1. The molecule has 1 amide bonds. The fourth-order valence-electron chi connectivity index (χ4n) is 3.64. The lowest BCUT2D eigenvalue weighted by Crippen LogP contribution is -2.38. The van der Waals surface area contributed by atoms with Crippen molar-refractivity contribution in [1.29, 1.82) is 0 Å². The van der Waals surface area contributed by atoms with Gasteiger partial charge in [0.05, 0.1) is 6.04 Å². The molecule has 2 aromatic rings. The van der Waals surface area contributed by atoms with E-state index in [9.17, 15) is 4.79 Å². The SMILES string of the molecule is CCc1ccc(C(C)NC(=NC)NCc2cccc(CN3CCCC3=O)c2)cc1. The van der Waals surface area contributed by atoms with E-state index in [-0.39, 0.29) is 11.9 Å². The number of hydrogen-bond acceptors (Lipinski definition) is 2. The van der Waals surface area contributed by atoms with E-state index < -0.39 is 0 Å². The van der Waals surface area contributed by atoms with Crippen LogP contribution in [0.15, 0.2) is 53.5 Å². The van der Waals surface area contributed by atoms with E-state index in [4.69, 9.17) is 0 Å². The van der Waals surface area contributed by atoms with Crippen LogP contribution in [0.25, 0.3) is 0 Å². The molecule has 1 saturated heterocycles. The van der Waals surface area contributed by atoms with Gasteiger partial charge in [-0.25, -0.2) is 0 Å². The molecule has 0 spiro atoms. The van der Waals surface area contributed by atoms with Gasteiger partial charge in [-0.1, -0.05) is 55.5 Å². The Labute approximate surface area is 174 Å². The van der Waals surface area contributed by atoms with Gasteiger partial charge in [-0.15, -0.1) is 0 Å². The molecule has 1 atom stereocenters. The van der Waals surface area contributed by atoms with Crippen LogP contribution in [0.2, 0.25) is 0 Å². The Morgan fingerprint density at radius 3 is 2.55 bits per heavy atom. The average molecular weight is 393 g/mol. The fraction of sp³-hybridized carbons (Fsp3) is 0.417. The highest BCUT2D eigenvalue weighted by atomic mass is 16.2. The van der Waals surface area contributed by atoms with Gasteiger partial charge < -0.3 is 15.5 Å². The first-order valence-corrected chi connectivity index (χ1v) is 10.5. The van der Waals surface area contributed by atoms with Crippen molar-refractivity contribution in [2.45, 2.75) is 52.2 Å².